The fourth-order valence-corrected chi connectivity index (χ4v) is 2.56. The van der Waals surface area contributed by atoms with E-state index in [0.29, 0.717) is 11.7 Å². The zero-order chi connectivity index (χ0) is 9.54. The highest BCUT2D eigenvalue weighted by Crippen LogP contribution is 2.43. The first-order valence-electron chi connectivity index (χ1n) is 5.16. The van der Waals surface area contributed by atoms with E-state index in [1.807, 2.05) is 0 Å². The second-order valence-electron chi connectivity index (χ2n) is 4.14. The number of ketones is 1. The van der Waals surface area contributed by atoms with Crippen molar-refractivity contribution in [1.29, 1.82) is 0 Å². The Morgan fingerprint density at radius 2 is 1.93 bits per heavy atom. The van der Waals surface area contributed by atoms with Crippen LogP contribution in [-0.2, 0) is 4.79 Å². The predicted octanol–water partition coefficient (Wildman–Crippen LogP) is 3.34. The number of benzene rings is 1. The van der Waals surface area contributed by atoms with Gasteiger partial charge in [-0.2, -0.15) is 0 Å². The maximum absolute atomic E-state index is 11.4. The number of hydrogen-bond acceptors (Lipinski definition) is 1. The van der Waals surface area contributed by atoms with Crippen LogP contribution in [0.15, 0.2) is 29.8 Å². The summed E-state index contributed by atoms with van der Waals surface area (Å²) in [4.78, 5) is 11.4. The molecule has 0 amide bonds. The van der Waals surface area contributed by atoms with Crippen molar-refractivity contribution in [3.05, 3.63) is 41.0 Å². The Kier molecular flexibility index (Phi) is 2.66. The van der Waals surface area contributed by atoms with Crippen molar-refractivity contribution in [3.63, 3.8) is 0 Å². The smallest absolute Gasteiger partial charge is 0.134 e. The number of rotatable bonds is 0. The van der Waals surface area contributed by atoms with Gasteiger partial charge in [0.15, 0.2) is 0 Å². The molecule has 0 heterocycles. The molecule has 78 valence electrons. The summed E-state index contributed by atoms with van der Waals surface area (Å²) in [6.45, 7) is 0. The lowest BCUT2D eigenvalue weighted by Crippen LogP contribution is -2.13. The first kappa shape index (κ1) is 10.4. The number of fused-ring (bicyclic) bond motifs is 3. The van der Waals surface area contributed by atoms with E-state index in [1.54, 1.807) is 0 Å². The first-order chi connectivity index (χ1) is 6.84. The van der Waals surface area contributed by atoms with E-state index in [2.05, 4.69) is 30.3 Å². The Hall–Kier alpha value is -1.08. The summed E-state index contributed by atoms with van der Waals surface area (Å²) in [6, 6.07) is 8.43. The molecular formula is C13H13ClO. The molecule has 0 bridgehead atoms. The Bertz CT molecular complexity index is 434. The van der Waals surface area contributed by atoms with Gasteiger partial charge in [0.05, 0.1) is 0 Å². The monoisotopic (exact) mass is 220 g/mol. The molecule has 0 spiro atoms. The molecule has 2 aliphatic rings. The van der Waals surface area contributed by atoms with Crippen LogP contribution in [0.2, 0.25) is 0 Å². The van der Waals surface area contributed by atoms with Crippen LogP contribution in [0.25, 0.3) is 6.08 Å². The van der Waals surface area contributed by atoms with Gasteiger partial charge in [-0.15, -0.1) is 12.4 Å². The largest absolute Gasteiger partial charge is 0.300 e. The molecule has 2 heteroatoms. The Balaban J connectivity index is 0.000000853. The summed E-state index contributed by atoms with van der Waals surface area (Å²) in [5, 5.41) is 0. The number of halogens is 1. The molecule has 0 N–H and O–H groups in total. The molecule has 1 saturated carbocycles. The van der Waals surface area contributed by atoms with Crippen LogP contribution in [-0.4, -0.2) is 5.78 Å². The Labute approximate surface area is 95.6 Å². The standard InChI is InChI=1S/C13H12O.ClH/c14-11-6-5-10-7-9-3-1-2-4-12(9)13(10)8-11;/h1-4,7,13H,5-6,8H2;1H. The molecule has 0 saturated heterocycles. The molecule has 1 nitrogen and oxygen atoms in total. The van der Waals surface area contributed by atoms with Crippen LogP contribution in [0.1, 0.15) is 36.3 Å². The number of carbonyl (C=O) groups is 1. The van der Waals surface area contributed by atoms with Crippen molar-refractivity contribution >= 4 is 24.3 Å². The zero-order valence-corrected chi connectivity index (χ0v) is 9.22. The minimum absolute atomic E-state index is 0. The molecule has 3 rings (SSSR count). The minimum atomic E-state index is 0. The van der Waals surface area contributed by atoms with Gasteiger partial charge in [0.2, 0.25) is 0 Å². The lowest BCUT2D eigenvalue weighted by Gasteiger charge is -2.20. The molecule has 1 fully saturated rings. The molecule has 0 radical (unpaired) electrons. The van der Waals surface area contributed by atoms with Gasteiger partial charge in [-0.1, -0.05) is 35.9 Å². The fourth-order valence-electron chi connectivity index (χ4n) is 2.56. The SMILES string of the molecule is Cl.O=C1CCC2=Cc3ccccc3C2C1. The Morgan fingerprint density at radius 1 is 1.13 bits per heavy atom. The van der Waals surface area contributed by atoms with Crippen molar-refractivity contribution < 1.29 is 4.79 Å². The van der Waals surface area contributed by atoms with Gasteiger partial charge >= 0.3 is 0 Å². The maximum Gasteiger partial charge on any atom is 0.134 e. The van der Waals surface area contributed by atoms with Gasteiger partial charge in [0.25, 0.3) is 0 Å². The van der Waals surface area contributed by atoms with Gasteiger partial charge < -0.3 is 0 Å². The van der Waals surface area contributed by atoms with E-state index in [0.717, 1.165) is 19.3 Å². The van der Waals surface area contributed by atoms with Crippen molar-refractivity contribution in [2.75, 3.05) is 0 Å². The van der Waals surface area contributed by atoms with Crippen LogP contribution < -0.4 is 0 Å². The highest BCUT2D eigenvalue weighted by molar-refractivity contribution is 5.85. The Morgan fingerprint density at radius 3 is 2.80 bits per heavy atom. The van der Waals surface area contributed by atoms with Crippen molar-refractivity contribution in [2.24, 2.45) is 0 Å². The topological polar surface area (TPSA) is 17.1 Å². The molecular weight excluding hydrogens is 208 g/mol. The average molecular weight is 221 g/mol. The van der Waals surface area contributed by atoms with Gasteiger partial charge in [-0.25, -0.2) is 0 Å². The quantitative estimate of drug-likeness (QED) is 0.656. The maximum atomic E-state index is 11.4. The molecule has 1 aromatic carbocycles. The van der Waals surface area contributed by atoms with E-state index >= 15 is 0 Å². The molecule has 2 aliphatic carbocycles. The number of hydrogen-bond donors (Lipinski definition) is 0. The highest BCUT2D eigenvalue weighted by atomic mass is 35.5. The summed E-state index contributed by atoms with van der Waals surface area (Å²) in [6.07, 6.45) is 4.71. The zero-order valence-electron chi connectivity index (χ0n) is 8.40. The molecule has 0 aromatic heterocycles. The second-order valence-corrected chi connectivity index (χ2v) is 4.14. The summed E-state index contributed by atoms with van der Waals surface area (Å²) in [5.41, 5.74) is 4.14. The van der Waals surface area contributed by atoms with Crippen LogP contribution in [0.4, 0.5) is 0 Å². The average Bonchev–Trinajstić information content (AvgIpc) is 2.56. The lowest BCUT2D eigenvalue weighted by atomic mass is 9.83. The van der Waals surface area contributed by atoms with Crippen molar-refractivity contribution in [3.8, 4) is 0 Å². The highest BCUT2D eigenvalue weighted by Gasteiger charge is 2.30. The van der Waals surface area contributed by atoms with Crippen LogP contribution in [0, 0.1) is 0 Å². The molecule has 0 aliphatic heterocycles. The predicted molar refractivity (Wildman–Crippen MR) is 63.3 cm³/mol. The number of carbonyl (C=O) groups excluding carboxylic acids is 1. The van der Waals surface area contributed by atoms with E-state index < -0.39 is 0 Å². The molecule has 1 unspecified atom stereocenters. The number of allylic oxidation sites excluding steroid dienone is 1. The third-order valence-electron chi connectivity index (χ3n) is 3.28. The lowest BCUT2D eigenvalue weighted by molar-refractivity contribution is -0.119. The van der Waals surface area contributed by atoms with Gasteiger partial charge in [-0.3, -0.25) is 4.79 Å². The van der Waals surface area contributed by atoms with Crippen LogP contribution in [0.5, 0.6) is 0 Å². The van der Waals surface area contributed by atoms with Crippen molar-refractivity contribution in [2.45, 2.75) is 25.2 Å². The third kappa shape index (κ3) is 1.61. The van der Waals surface area contributed by atoms with Gasteiger partial charge in [-0.05, 0) is 17.5 Å². The van der Waals surface area contributed by atoms with Gasteiger partial charge in [0, 0.05) is 18.8 Å². The fraction of sp³-hybridized carbons (Fsp3) is 0.308. The van der Waals surface area contributed by atoms with E-state index in [-0.39, 0.29) is 12.4 Å². The number of Topliss-reactive ketones (excluding diaryl/α,β-unsaturated/α-hetero) is 1. The molecule has 15 heavy (non-hydrogen) atoms. The van der Waals surface area contributed by atoms with Gasteiger partial charge in [0.1, 0.15) is 5.78 Å². The summed E-state index contributed by atoms with van der Waals surface area (Å²) in [7, 11) is 0. The van der Waals surface area contributed by atoms with Crippen LogP contribution in [0.3, 0.4) is 0 Å². The second kappa shape index (κ2) is 3.82. The van der Waals surface area contributed by atoms with E-state index in [9.17, 15) is 4.79 Å². The molecule has 1 atom stereocenters. The summed E-state index contributed by atoms with van der Waals surface area (Å²) >= 11 is 0. The third-order valence-corrected chi connectivity index (χ3v) is 3.28. The van der Waals surface area contributed by atoms with Crippen molar-refractivity contribution in [1.82, 2.24) is 0 Å². The van der Waals surface area contributed by atoms with Crippen LogP contribution >= 0.6 is 12.4 Å². The van der Waals surface area contributed by atoms with E-state index in [1.165, 1.54) is 16.7 Å². The summed E-state index contributed by atoms with van der Waals surface area (Å²) in [5.74, 6) is 0.830. The molecule has 1 aromatic rings. The minimum Gasteiger partial charge on any atom is -0.300 e. The van der Waals surface area contributed by atoms with E-state index in [4.69, 9.17) is 0 Å². The first-order valence-corrected chi connectivity index (χ1v) is 5.16. The normalized spacial score (nSPS) is 22.5. The summed E-state index contributed by atoms with van der Waals surface area (Å²) < 4.78 is 0.